The van der Waals surface area contributed by atoms with Crippen molar-refractivity contribution in [3.05, 3.63) is 57.8 Å². The third-order valence-corrected chi connectivity index (χ3v) is 4.55. The maximum Gasteiger partial charge on any atom is 0.100 e. The lowest BCUT2D eigenvalue weighted by atomic mass is 10.1. The second kappa shape index (κ2) is 5.28. The first-order valence-electron chi connectivity index (χ1n) is 6.97. The number of aromatic nitrogens is 2. The fourth-order valence-electron chi connectivity index (χ4n) is 2.46. The van der Waals surface area contributed by atoms with Crippen molar-refractivity contribution >= 4 is 27.0 Å². The summed E-state index contributed by atoms with van der Waals surface area (Å²) in [7, 11) is 0. The molecule has 0 fully saturated rings. The largest absolute Gasteiger partial charge is 0.324 e. The quantitative estimate of drug-likeness (QED) is 0.748. The minimum atomic E-state index is 0.0276. The summed E-state index contributed by atoms with van der Waals surface area (Å²) >= 11 is 3.65. The first-order chi connectivity index (χ1) is 9.97. The highest BCUT2D eigenvalue weighted by Gasteiger charge is 2.10. The number of aryl methyl sites for hydroxylation is 2. The molecule has 3 rings (SSSR count). The molecule has 21 heavy (non-hydrogen) atoms. The van der Waals surface area contributed by atoms with Crippen LogP contribution < -0.4 is 5.73 Å². The van der Waals surface area contributed by atoms with Crippen molar-refractivity contribution in [3.8, 4) is 5.69 Å². The Balaban J connectivity index is 2.19. The fraction of sp³-hybridized carbons (Fsp3) is 0.235. The first kappa shape index (κ1) is 14.3. The van der Waals surface area contributed by atoms with E-state index in [4.69, 9.17) is 5.73 Å². The number of imidazole rings is 1. The third-order valence-electron chi connectivity index (χ3n) is 3.92. The summed E-state index contributed by atoms with van der Waals surface area (Å²) in [6.45, 7) is 6.22. The molecule has 0 spiro atoms. The smallest absolute Gasteiger partial charge is 0.100 e. The van der Waals surface area contributed by atoms with Crippen molar-refractivity contribution < 1.29 is 0 Å². The highest BCUT2D eigenvalue weighted by molar-refractivity contribution is 9.10. The molecule has 0 bridgehead atoms. The summed E-state index contributed by atoms with van der Waals surface area (Å²) in [5.41, 5.74) is 12.8. The molecule has 0 aliphatic carbocycles. The normalized spacial score (nSPS) is 12.8. The van der Waals surface area contributed by atoms with Gasteiger partial charge in [-0.2, -0.15) is 0 Å². The summed E-state index contributed by atoms with van der Waals surface area (Å²) in [6, 6.07) is 10.6. The van der Waals surface area contributed by atoms with Gasteiger partial charge in [0.05, 0.1) is 16.7 Å². The van der Waals surface area contributed by atoms with E-state index in [1.165, 1.54) is 11.1 Å². The molecule has 0 aliphatic heterocycles. The molecule has 1 heterocycles. The number of fused-ring (bicyclic) bond motifs is 1. The average molecular weight is 344 g/mol. The average Bonchev–Trinajstić information content (AvgIpc) is 2.82. The number of hydrogen-bond acceptors (Lipinski definition) is 2. The molecule has 3 aromatic rings. The van der Waals surface area contributed by atoms with Crippen LogP contribution in [0.4, 0.5) is 0 Å². The van der Waals surface area contributed by atoms with Crippen LogP contribution >= 0.6 is 15.9 Å². The minimum absolute atomic E-state index is 0.0276. The van der Waals surface area contributed by atoms with E-state index in [0.29, 0.717) is 0 Å². The van der Waals surface area contributed by atoms with Gasteiger partial charge in [-0.3, -0.25) is 4.57 Å². The van der Waals surface area contributed by atoms with E-state index in [9.17, 15) is 0 Å². The number of nitrogens with two attached hydrogens (primary N) is 1. The summed E-state index contributed by atoms with van der Waals surface area (Å²) in [4.78, 5) is 4.51. The van der Waals surface area contributed by atoms with Crippen LogP contribution in [0.2, 0.25) is 0 Å². The highest BCUT2D eigenvalue weighted by atomic mass is 79.9. The Labute approximate surface area is 132 Å². The van der Waals surface area contributed by atoms with Crippen molar-refractivity contribution in [2.45, 2.75) is 26.8 Å². The van der Waals surface area contributed by atoms with Crippen molar-refractivity contribution in [3.63, 3.8) is 0 Å². The van der Waals surface area contributed by atoms with Gasteiger partial charge in [-0.05, 0) is 77.7 Å². The predicted molar refractivity (Wildman–Crippen MR) is 90.8 cm³/mol. The lowest BCUT2D eigenvalue weighted by Crippen LogP contribution is -2.05. The Morgan fingerprint density at radius 3 is 2.52 bits per heavy atom. The number of hydrogen-bond donors (Lipinski definition) is 1. The summed E-state index contributed by atoms with van der Waals surface area (Å²) in [5, 5.41) is 0. The van der Waals surface area contributed by atoms with Crippen LogP contribution in [0.25, 0.3) is 16.7 Å². The van der Waals surface area contributed by atoms with Gasteiger partial charge in [-0.15, -0.1) is 0 Å². The van der Waals surface area contributed by atoms with Gasteiger partial charge in [-0.1, -0.05) is 6.07 Å². The molecular formula is C17H18BrN3. The van der Waals surface area contributed by atoms with Crippen molar-refractivity contribution in [2.24, 2.45) is 5.73 Å². The zero-order valence-electron chi connectivity index (χ0n) is 12.4. The van der Waals surface area contributed by atoms with Crippen LogP contribution in [0.15, 0.2) is 41.1 Å². The van der Waals surface area contributed by atoms with Crippen molar-refractivity contribution in [2.75, 3.05) is 0 Å². The lowest BCUT2D eigenvalue weighted by molar-refractivity contribution is 0.816. The molecule has 1 unspecified atom stereocenters. The van der Waals surface area contributed by atoms with Crippen molar-refractivity contribution in [1.82, 2.24) is 9.55 Å². The fourth-order valence-corrected chi connectivity index (χ4v) is 3.05. The van der Waals surface area contributed by atoms with Crippen LogP contribution in [-0.4, -0.2) is 9.55 Å². The van der Waals surface area contributed by atoms with E-state index in [2.05, 4.69) is 69.7 Å². The second-order valence-corrected chi connectivity index (χ2v) is 6.39. The maximum absolute atomic E-state index is 5.94. The van der Waals surface area contributed by atoms with E-state index in [-0.39, 0.29) is 6.04 Å². The molecule has 0 aliphatic rings. The Morgan fingerprint density at radius 1 is 1.14 bits per heavy atom. The van der Waals surface area contributed by atoms with Gasteiger partial charge in [0.15, 0.2) is 0 Å². The van der Waals surface area contributed by atoms with Crippen LogP contribution in [0.5, 0.6) is 0 Å². The topological polar surface area (TPSA) is 43.8 Å². The molecule has 2 N–H and O–H groups in total. The van der Waals surface area contributed by atoms with Gasteiger partial charge in [0.25, 0.3) is 0 Å². The molecule has 2 aromatic carbocycles. The molecule has 1 atom stereocenters. The number of benzene rings is 2. The van der Waals surface area contributed by atoms with Gasteiger partial charge in [0.2, 0.25) is 0 Å². The van der Waals surface area contributed by atoms with Gasteiger partial charge in [-0.25, -0.2) is 4.98 Å². The van der Waals surface area contributed by atoms with Gasteiger partial charge in [0.1, 0.15) is 6.33 Å². The van der Waals surface area contributed by atoms with E-state index >= 15 is 0 Å². The van der Waals surface area contributed by atoms with Gasteiger partial charge >= 0.3 is 0 Å². The van der Waals surface area contributed by atoms with Crippen molar-refractivity contribution in [1.29, 1.82) is 0 Å². The Bertz CT molecular complexity index is 818. The SMILES string of the molecule is Cc1cc2ncn(-c3ccc(C(C)N)cc3Br)c2cc1C. The Morgan fingerprint density at radius 2 is 1.86 bits per heavy atom. The van der Waals surface area contributed by atoms with E-state index in [1.807, 2.05) is 13.3 Å². The monoisotopic (exact) mass is 343 g/mol. The Kier molecular flexibility index (Phi) is 3.59. The first-order valence-corrected chi connectivity index (χ1v) is 7.76. The minimum Gasteiger partial charge on any atom is -0.324 e. The van der Waals surface area contributed by atoms with Crippen LogP contribution in [0.1, 0.15) is 29.7 Å². The van der Waals surface area contributed by atoms with E-state index < -0.39 is 0 Å². The molecule has 0 amide bonds. The molecule has 0 radical (unpaired) electrons. The molecule has 1 aromatic heterocycles. The molecule has 4 heteroatoms. The molecule has 0 saturated carbocycles. The molecule has 3 nitrogen and oxygen atoms in total. The molecule has 108 valence electrons. The van der Waals surface area contributed by atoms with Crippen LogP contribution in [0.3, 0.4) is 0 Å². The second-order valence-electron chi connectivity index (χ2n) is 5.54. The summed E-state index contributed by atoms with van der Waals surface area (Å²) < 4.78 is 3.13. The van der Waals surface area contributed by atoms with E-state index in [1.54, 1.807) is 0 Å². The predicted octanol–water partition coefficient (Wildman–Crippen LogP) is 4.42. The standard InChI is InChI=1S/C17H18BrN3/c1-10-6-15-17(7-11(10)2)21(9-20-15)16-5-4-13(12(3)19)8-14(16)18/h4-9,12H,19H2,1-3H3. The van der Waals surface area contributed by atoms with E-state index in [0.717, 1.165) is 26.8 Å². The third kappa shape index (κ3) is 2.49. The van der Waals surface area contributed by atoms with Crippen LogP contribution in [-0.2, 0) is 0 Å². The summed E-state index contributed by atoms with van der Waals surface area (Å²) in [6.07, 6.45) is 1.87. The van der Waals surface area contributed by atoms with Gasteiger partial charge < -0.3 is 5.73 Å². The zero-order valence-corrected chi connectivity index (χ0v) is 14.0. The van der Waals surface area contributed by atoms with Crippen LogP contribution in [0, 0.1) is 13.8 Å². The number of nitrogens with zero attached hydrogens (tertiary/aromatic N) is 2. The number of rotatable bonds is 2. The lowest BCUT2D eigenvalue weighted by Gasteiger charge is -2.12. The molecular weight excluding hydrogens is 326 g/mol. The number of halogens is 1. The maximum atomic E-state index is 5.94. The van der Waals surface area contributed by atoms with Gasteiger partial charge in [0, 0.05) is 10.5 Å². The molecule has 0 saturated heterocycles. The summed E-state index contributed by atoms with van der Waals surface area (Å²) in [5.74, 6) is 0. The highest BCUT2D eigenvalue weighted by Crippen LogP contribution is 2.28. The zero-order chi connectivity index (χ0) is 15.1. The Hall–Kier alpha value is -1.65.